The zero-order valence-electron chi connectivity index (χ0n) is 11.1. The molecule has 0 N–H and O–H groups in total. The fourth-order valence-corrected chi connectivity index (χ4v) is 2.12. The predicted octanol–water partition coefficient (Wildman–Crippen LogP) is 4.62. The van der Waals surface area contributed by atoms with Crippen LogP contribution in [0.3, 0.4) is 0 Å². The van der Waals surface area contributed by atoms with E-state index in [1.807, 2.05) is 13.8 Å². The van der Waals surface area contributed by atoms with Gasteiger partial charge in [0.1, 0.15) is 5.69 Å². The summed E-state index contributed by atoms with van der Waals surface area (Å²) in [5.74, 6) is 0.993. The van der Waals surface area contributed by atoms with Gasteiger partial charge in [-0.25, -0.2) is 13.8 Å². The van der Waals surface area contributed by atoms with Gasteiger partial charge in [0.05, 0.1) is 23.8 Å². The molecule has 0 saturated carbocycles. The second kappa shape index (κ2) is 6.22. The first kappa shape index (κ1) is 14.8. The third kappa shape index (κ3) is 2.93. The van der Waals surface area contributed by atoms with Crippen molar-refractivity contribution in [3.05, 3.63) is 28.9 Å². The Morgan fingerprint density at radius 1 is 1.10 bits per heavy atom. The number of alkyl halides is 2. The molecule has 0 aliphatic carbocycles. The van der Waals surface area contributed by atoms with Crippen molar-refractivity contribution >= 4 is 22.5 Å². The molecular formula is C14H14ClF2NO2. The maximum Gasteiger partial charge on any atom is 0.280 e. The minimum atomic E-state index is -2.67. The lowest BCUT2D eigenvalue weighted by Gasteiger charge is -2.13. The molecular weight excluding hydrogens is 288 g/mol. The highest BCUT2D eigenvalue weighted by atomic mass is 35.5. The van der Waals surface area contributed by atoms with Crippen LogP contribution in [0.2, 0.25) is 5.02 Å². The number of hydrogen-bond acceptors (Lipinski definition) is 3. The number of benzene rings is 1. The van der Waals surface area contributed by atoms with E-state index in [2.05, 4.69) is 4.98 Å². The molecule has 6 heteroatoms. The van der Waals surface area contributed by atoms with E-state index < -0.39 is 6.43 Å². The molecule has 1 heterocycles. The van der Waals surface area contributed by atoms with Gasteiger partial charge >= 0.3 is 0 Å². The molecule has 108 valence electrons. The highest BCUT2D eigenvalue weighted by molar-refractivity contribution is 6.35. The summed E-state index contributed by atoms with van der Waals surface area (Å²) in [6, 6.07) is 4.40. The Labute approximate surface area is 120 Å². The van der Waals surface area contributed by atoms with Crippen LogP contribution in [0.15, 0.2) is 18.2 Å². The molecule has 0 unspecified atom stereocenters. The molecule has 1 aromatic heterocycles. The Balaban J connectivity index is 2.63. The number of hydrogen-bond donors (Lipinski definition) is 0. The van der Waals surface area contributed by atoms with E-state index in [1.54, 1.807) is 12.1 Å². The van der Waals surface area contributed by atoms with Gasteiger partial charge in [-0.2, -0.15) is 0 Å². The van der Waals surface area contributed by atoms with Crippen LogP contribution in [0.25, 0.3) is 10.9 Å². The zero-order valence-corrected chi connectivity index (χ0v) is 11.9. The van der Waals surface area contributed by atoms with E-state index in [0.717, 1.165) is 0 Å². The largest absolute Gasteiger partial charge is 0.490 e. The van der Waals surface area contributed by atoms with Crippen molar-refractivity contribution < 1.29 is 18.3 Å². The van der Waals surface area contributed by atoms with Crippen molar-refractivity contribution in [1.29, 1.82) is 0 Å². The SMILES string of the molecule is CCOc1cc2nc(C(F)F)cc(Cl)c2cc1OCC. The second-order valence-electron chi connectivity index (χ2n) is 4.01. The highest BCUT2D eigenvalue weighted by Crippen LogP contribution is 2.36. The number of aromatic nitrogens is 1. The van der Waals surface area contributed by atoms with Crippen LogP contribution in [-0.2, 0) is 0 Å². The van der Waals surface area contributed by atoms with Crippen LogP contribution in [0, 0.1) is 0 Å². The molecule has 0 fully saturated rings. The normalized spacial score (nSPS) is 11.1. The van der Waals surface area contributed by atoms with Crippen molar-refractivity contribution in [3.63, 3.8) is 0 Å². The molecule has 1 aromatic carbocycles. The predicted molar refractivity (Wildman–Crippen MR) is 74.0 cm³/mol. The summed E-state index contributed by atoms with van der Waals surface area (Å²) in [6.07, 6.45) is -2.67. The molecule has 0 aliphatic heterocycles. The molecule has 2 aromatic rings. The summed E-state index contributed by atoms with van der Waals surface area (Å²) in [7, 11) is 0. The molecule has 0 atom stereocenters. The summed E-state index contributed by atoms with van der Waals surface area (Å²) in [5, 5.41) is 0.775. The van der Waals surface area contributed by atoms with Gasteiger partial charge in [-0.3, -0.25) is 0 Å². The minimum Gasteiger partial charge on any atom is -0.490 e. The van der Waals surface area contributed by atoms with E-state index in [1.165, 1.54) is 6.07 Å². The first-order valence-corrected chi connectivity index (χ1v) is 6.62. The monoisotopic (exact) mass is 301 g/mol. The van der Waals surface area contributed by atoms with Crippen molar-refractivity contribution in [2.45, 2.75) is 20.3 Å². The van der Waals surface area contributed by atoms with Crippen LogP contribution in [-0.4, -0.2) is 18.2 Å². The smallest absolute Gasteiger partial charge is 0.280 e. The summed E-state index contributed by atoms with van der Waals surface area (Å²) >= 11 is 6.04. The maximum absolute atomic E-state index is 12.7. The van der Waals surface area contributed by atoms with Crippen LogP contribution in [0.1, 0.15) is 26.0 Å². The molecule has 3 nitrogen and oxygen atoms in total. The van der Waals surface area contributed by atoms with Crippen LogP contribution in [0.4, 0.5) is 8.78 Å². The van der Waals surface area contributed by atoms with Gasteiger partial charge in [-0.1, -0.05) is 11.6 Å². The Hall–Kier alpha value is -1.62. The van der Waals surface area contributed by atoms with Crippen molar-refractivity contribution in [2.75, 3.05) is 13.2 Å². The molecule has 0 radical (unpaired) electrons. The average molecular weight is 302 g/mol. The van der Waals surface area contributed by atoms with Gasteiger partial charge in [0.2, 0.25) is 0 Å². The Bertz CT molecular complexity index is 620. The average Bonchev–Trinajstić information content (AvgIpc) is 2.40. The zero-order chi connectivity index (χ0) is 14.7. The fraction of sp³-hybridized carbons (Fsp3) is 0.357. The van der Waals surface area contributed by atoms with Crippen LogP contribution in [0.5, 0.6) is 11.5 Å². The Morgan fingerprint density at radius 2 is 1.70 bits per heavy atom. The number of fused-ring (bicyclic) bond motifs is 1. The maximum atomic E-state index is 12.7. The van der Waals surface area contributed by atoms with Gasteiger partial charge < -0.3 is 9.47 Å². The van der Waals surface area contributed by atoms with Crippen molar-refractivity contribution in [2.24, 2.45) is 0 Å². The first-order chi connectivity index (χ1) is 9.56. The minimum absolute atomic E-state index is 0.217. The lowest BCUT2D eigenvalue weighted by Crippen LogP contribution is -2.00. The Morgan fingerprint density at radius 3 is 2.25 bits per heavy atom. The Kier molecular flexibility index (Phi) is 4.60. The summed E-state index contributed by atoms with van der Waals surface area (Å²) in [6.45, 7) is 4.58. The first-order valence-electron chi connectivity index (χ1n) is 6.24. The van der Waals surface area contributed by atoms with E-state index >= 15 is 0 Å². The molecule has 0 aliphatic rings. The third-order valence-electron chi connectivity index (χ3n) is 2.67. The number of pyridine rings is 1. The summed E-state index contributed by atoms with van der Waals surface area (Å²) in [4.78, 5) is 3.91. The quantitative estimate of drug-likeness (QED) is 0.807. The topological polar surface area (TPSA) is 31.4 Å². The van der Waals surface area contributed by atoms with Crippen LogP contribution < -0.4 is 9.47 Å². The van der Waals surface area contributed by atoms with Gasteiger partial charge in [0, 0.05) is 11.5 Å². The van der Waals surface area contributed by atoms with Gasteiger partial charge in [-0.15, -0.1) is 0 Å². The van der Waals surface area contributed by atoms with Crippen molar-refractivity contribution in [3.8, 4) is 11.5 Å². The number of halogens is 3. The van der Waals surface area contributed by atoms with E-state index in [4.69, 9.17) is 21.1 Å². The number of ether oxygens (including phenoxy) is 2. The molecule has 0 amide bonds. The van der Waals surface area contributed by atoms with E-state index in [-0.39, 0.29) is 10.7 Å². The lowest BCUT2D eigenvalue weighted by molar-refractivity contribution is 0.146. The molecule has 20 heavy (non-hydrogen) atoms. The van der Waals surface area contributed by atoms with E-state index in [9.17, 15) is 8.78 Å². The standard InChI is InChI=1S/C14H14ClF2NO2/c1-3-19-12-5-8-9(15)6-11(14(16)17)18-10(8)7-13(12)20-4-2/h5-7,14H,3-4H2,1-2H3. The summed E-state index contributed by atoms with van der Waals surface area (Å²) in [5.41, 5.74) is 0.00816. The molecule has 0 spiro atoms. The van der Waals surface area contributed by atoms with Gasteiger partial charge in [0.25, 0.3) is 6.43 Å². The second-order valence-corrected chi connectivity index (χ2v) is 4.42. The number of rotatable bonds is 5. The molecule has 0 saturated heterocycles. The van der Waals surface area contributed by atoms with Crippen molar-refractivity contribution in [1.82, 2.24) is 4.98 Å². The van der Waals surface area contributed by atoms with E-state index in [0.29, 0.717) is 35.6 Å². The molecule has 0 bridgehead atoms. The number of nitrogens with zero attached hydrogens (tertiary/aromatic N) is 1. The highest BCUT2D eigenvalue weighted by Gasteiger charge is 2.15. The summed E-state index contributed by atoms with van der Waals surface area (Å²) < 4.78 is 36.4. The fourth-order valence-electron chi connectivity index (χ4n) is 1.86. The molecule has 2 rings (SSSR count). The van der Waals surface area contributed by atoms with Gasteiger partial charge in [-0.05, 0) is 26.0 Å². The lowest BCUT2D eigenvalue weighted by atomic mass is 10.1. The third-order valence-corrected chi connectivity index (χ3v) is 2.98. The van der Waals surface area contributed by atoms with Gasteiger partial charge in [0.15, 0.2) is 11.5 Å². The van der Waals surface area contributed by atoms with Crippen LogP contribution >= 0.6 is 11.6 Å².